The molecule has 2 aliphatic heterocycles. The summed E-state index contributed by atoms with van der Waals surface area (Å²) < 4.78 is 12.0. The van der Waals surface area contributed by atoms with Crippen LogP contribution in [0.15, 0.2) is 12.4 Å². The van der Waals surface area contributed by atoms with Gasteiger partial charge in [0, 0.05) is 0 Å². The van der Waals surface area contributed by atoms with Crippen molar-refractivity contribution in [3.63, 3.8) is 0 Å². The summed E-state index contributed by atoms with van der Waals surface area (Å²) >= 11 is 0. The largest absolute Gasteiger partial charge is 0.436 e. The number of hydrogen-bond donors (Lipinski definition) is 1. The van der Waals surface area contributed by atoms with E-state index in [1.54, 1.807) is 0 Å². The van der Waals surface area contributed by atoms with Crippen molar-refractivity contribution in [2.75, 3.05) is 6.61 Å². The summed E-state index contributed by atoms with van der Waals surface area (Å²) in [5.41, 5.74) is 0. The zero-order valence-electron chi connectivity index (χ0n) is 8.09. The molecule has 0 saturated carbocycles. The van der Waals surface area contributed by atoms with Crippen LogP contribution in [0, 0.1) is 10.1 Å². The lowest BCUT2D eigenvalue weighted by molar-refractivity contribution is -0.398. The van der Waals surface area contributed by atoms with Crippen LogP contribution in [0.3, 0.4) is 0 Å². The lowest BCUT2D eigenvalue weighted by Gasteiger charge is -2.14. The smallest absolute Gasteiger partial charge is 0.394 e. The SMILES string of the molecule is O=[N+]([O-])c1nccn1[C@@H]1OC(CO)[C@H]2O[C@H]21. The number of nitrogens with zero attached hydrogens (tertiary/aromatic N) is 3. The highest BCUT2D eigenvalue weighted by Crippen LogP contribution is 2.45. The maximum atomic E-state index is 10.7. The predicted molar refractivity (Wildman–Crippen MR) is 48.5 cm³/mol. The molecular weight excluding hydrogens is 218 g/mol. The van der Waals surface area contributed by atoms with E-state index in [2.05, 4.69) is 4.98 Å². The molecule has 4 atom stereocenters. The molecule has 0 amide bonds. The van der Waals surface area contributed by atoms with Gasteiger partial charge in [0.2, 0.25) is 6.23 Å². The molecule has 8 heteroatoms. The monoisotopic (exact) mass is 227 g/mol. The van der Waals surface area contributed by atoms with Gasteiger partial charge in [-0.1, -0.05) is 4.98 Å². The minimum absolute atomic E-state index is 0.153. The Balaban J connectivity index is 1.88. The molecule has 1 aromatic heterocycles. The molecule has 8 nitrogen and oxygen atoms in total. The fourth-order valence-electron chi connectivity index (χ4n) is 2.01. The topological polar surface area (TPSA) is 103 Å². The molecule has 3 heterocycles. The molecule has 1 unspecified atom stereocenters. The van der Waals surface area contributed by atoms with Crippen molar-refractivity contribution in [1.29, 1.82) is 0 Å². The second-order valence-electron chi connectivity index (χ2n) is 3.70. The van der Waals surface area contributed by atoms with E-state index in [1.807, 2.05) is 0 Å². The van der Waals surface area contributed by atoms with E-state index in [-0.39, 0.29) is 24.8 Å². The van der Waals surface area contributed by atoms with Crippen molar-refractivity contribution in [3.8, 4) is 0 Å². The first kappa shape index (κ1) is 9.70. The molecule has 0 radical (unpaired) electrons. The molecule has 1 aromatic rings. The van der Waals surface area contributed by atoms with Gasteiger partial charge in [-0.3, -0.25) is 0 Å². The Hall–Kier alpha value is -1.51. The van der Waals surface area contributed by atoms with Gasteiger partial charge < -0.3 is 24.7 Å². The number of rotatable bonds is 3. The summed E-state index contributed by atoms with van der Waals surface area (Å²) in [6.45, 7) is -0.153. The number of aromatic nitrogens is 2. The first-order valence-electron chi connectivity index (χ1n) is 4.81. The van der Waals surface area contributed by atoms with Crippen LogP contribution in [0.2, 0.25) is 0 Å². The third kappa shape index (κ3) is 1.24. The second-order valence-corrected chi connectivity index (χ2v) is 3.70. The molecule has 2 fully saturated rings. The zero-order valence-corrected chi connectivity index (χ0v) is 8.09. The molecule has 0 bridgehead atoms. The van der Waals surface area contributed by atoms with E-state index in [9.17, 15) is 10.1 Å². The van der Waals surface area contributed by atoms with Crippen LogP contribution in [0.1, 0.15) is 6.23 Å². The van der Waals surface area contributed by atoms with Crippen molar-refractivity contribution in [3.05, 3.63) is 22.5 Å². The molecular formula is C8H9N3O5. The van der Waals surface area contributed by atoms with Gasteiger partial charge in [-0.15, -0.1) is 0 Å². The van der Waals surface area contributed by atoms with Crippen LogP contribution in [0.5, 0.6) is 0 Å². The van der Waals surface area contributed by atoms with Crippen LogP contribution < -0.4 is 0 Å². The Bertz CT molecular complexity index is 433. The summed E-state index contributed by atoms with van der Waals surface area (Å²) in [6, 6.07) is 0. The van der Waals surface area contributed by atoms with Crippen LogP contribution in [0.25, 0.3) is 0 Å². The Morgan fingerprint density at radius 3 is 3.00 bits per heavy atom. The highest BCUT2D eigenvalue weighted by molar-refractivity contribution is 5.12. The lowest BCUT2D eigenvalue weighted by Crippen LogP contribution is -2.22. The van der Waals surface area contributed by atoms with Crippen molar-refractivity contribution in [2.24, 2.45) is 0 Å². The molecule has 1 N–H and O–H groups in total. The first-order chi connectivity index (χ1) is 7.72. The number of nitro groups is 1. The quantitative estimate of drug-likeness (QED) is 0.422. The number of aliphatic hydroxyl groups is 1. The predicted octanol–water partition coefficient (Wildman–Crippen LogP) is -0.552. The first-order valence-corrected chi connectivity index (χ1v) is 4.81. The summed E-state index contributed by atoms with van der Waals surface area (Å²) in [5.74, 6) is -0.280. The fourth-order valence-corrected chi connectivity index (χ4v) is 2.01. The minimum atomic E-state index is -0.576. The summed E-state index contributed by atoms with van der Waals surface area (Å²) in [5, 5.41) is 19.7. The summed E-state index contributed by atoms with van der Waals surface area (Å²) in [4.78, 5) is 13.7. The maximum Gasteiger partial charge on any atom is 0.436 e. The van der Waals surface area contributed by atoms with Crippen molar-refractivity contribution in [1.82, 2.24) is 9.55 Å². The van der Waals surface area contributed by atoms with E-state index >= 15 is 0 Å². The van der Waals surface area contributed by atoms with Crippen LogP contribution >= 0.6 is 0 Å². The lowest BCUT2D eigenvalue weighted by atomic mass is 10.2. The zero-order chi connectivity index (χ0) is 11.3. The molecule has 0 spiro atoms. The van der Waals surface area contributed by atoms with E-state index < -0.39 is 17.3 Å². The highest BCUT2D eigenvalue weighted by Gasteiger charge is 2.60. The maximum absolute atomic E-state index is 10.7. The van der Waals surface area contributed by atoms with Gasteiger partial charge >= 0.3 is 5.95 Å². The third-order valence-corrected chi connectivity index (χ3v) is 2.79. The normalized spacial score (nSPS) is 36.1. The van der Waals surface area contributed by atoms with Gasteiger partial charge in [-0.25, -0.2) is 0 Å². The van der Waals surface area contributed by atoms with Gasteiger partial charge in [0.15, 0.2) is 0 Å². The average Bonchev–Trinajstić information content (AvgIpc) is 2.77. The summed E-state index contributed by atoms with van der Waals surface area (Å²) in [6.07, 6.45) is 1.47. The van der Waals surface area contributed by atoms with Crippen molar-refractivity contribution >= 4 is 5.95 Å². The number of epoxide rings is 1. The molecule has 2 aliphatic rings. The third-order valence-electron chi connectivity index (χ3n) is 2.79. The number of fused-ring (bicyclic) bond motifs is 1. The van der Waals surface area contributed by atoms with E-state index in [0.29, 0.717) is 0 Å². The van der Waals surface area contributed by atoms with Crippen LogP contribution in [-0.2, 0) is 9.47 Å². The van der Waals surface area contributed by atoms with Gasteiger partial charge in [0.05, 0.1) is 6.61 Å². The molecule has 0 aromatic carbocycles. The van der Waals surface area contributed by atoms with Crippen molar-refractivity contribution < 1.29 is 19.5 Å². The highest BCUT2D eigenvalue weighted by atomic mass is 16.7. The Labute approximate surface area is 89.6 Å². The molecule has 86 valence electrons. The van der Waals surface area contributed by atoms with E-state index in [1.165, 1.54) is 17.0 Å². The molecule has 3 rings (SSSR count). The Kier molecular flexibility index (Phi) is 1.96. The molecule has 16 heavy (non-hydrogen) atoms. The minimum Gasteiger partial charge on any atom is -0.394 e. The second kappa shape index (κ2) is 3.24. The molecule has 2 saturated heterocycles. The average molecular weight is 227 g/mol. The Morgan fingerprint density at radius 1 is 1.56 bits per heavy atom. The van der Waals surface area contributed by atoms with Gasteiger partial charge in [-0.05, 0) is 4.92 Å². The van der Waals surface area contributed by atoms with Gasteiger partial charge in [0.25, 0.3) is 0 Å². The van der Waals surface area contributed by atoms with Crippen LogP contribution in [0.4, 0.5) is 5.95 Å². The Morgan fingerprint density at radius 2 is 2.38 bits per heavy atom. The standard InChI is InChI=1S/C8H9N3O5/c12-3-4-5-6(16-5)7(15-4)10-2-1-9-8(10)11(13)14/h1-2,4-7,12H,3H2/t4?,5-,6-,7-/m1/s1. The van der Waals surface area contributed by atoms with E-state index in [4.69, 9.17) is 14.6 Å². The number of ether oxygens (including phenoxy) is 2. The van der Waals surface area contributed by atoms with Gasteiger partial charge in [-0.2, -0.15) is 4.57 Å². The van der Waals surface area contributed by atoms with Crippen LogP contribution in [-0.4, -0.2) is 44.5 Å². The fraction of sp³-hybridized carbons (Fsp3) is 0.625. The van der Waals surface area contributed by atoms with E-state index in [0.717, 1.165) is 0 Å². The molecule has 0 aliphatic carbocycles. The number of hydrogen-bond acceptors (Lipinski definition) is 6. The van der Waals surface area contributed by atoms with Gasteiger partial charge in [0.1, 0.15) is 30.7 Å². The number of imidazole rings is 1. The summed E-state index contributed by atoms with van der Waals surface area (Å²) in [7, 11) is 0. The van der Waals surface area contributed by atoms with Crippen molar-refractivity contribution in [2.45, 2.75) is 24.5 Å². The number of aliphatic hydroxyl groups excluding tert-OH is 1.